The maximum absolute atomic E-state index is 5.92. The molecule has 1 saturated heterocycles. The first-order valence-corrected chi connectivity index (χ1v) is 9.83. The van der Waals surface area contributed by atoms with Crippen molar-refractivity contribution in [2.45, 2.75) is 52.2 Å². The molecular weight excluding hydrogens is 310 g/mol. The molecule has 0 radical (unpaired) electrons. The third-order valence-corrected chi connectivity index (χ3v) is 6.38. The van der Waals surface area contributed by atoms with Crippen molar-refractivity contribution >= 4 is 5.96 Å². The summed E-state index contributed by atoms with van der Waals surface area (Å²) in [5, 5.41) is 7.16. The molecule has 3 unspecified atom stereocenters. The fraction of sp³-hybridized carbons (Fsp3) is 0.667. The van der Waals surface area contributed by atoms with Gasteiger partial charge in [0.25, 0.3) is 0 Å². The predicted molar refractivity (Wildman–Crippen MR) is 102 cm³/mol. The molecule has 1 aliphatic heterocycles. The normalized spacial score (nSPS) is 30.5. The van der Waals surface area contributed by atoms with E-state index < -0.39 is 0 Å². The van der Waals surface area contributed by atoms with Crippen molar-refractivity contribution in [3.8, 4) is 0 Å². The van der Waals surface area contributed by atoms with Gasteiger partial charge in [-0.25, -0.2) is 0 Å². The first-order valence-electron chi connectivity index (χ1n) is 9.83. The summed E-state index contributed by atoms with van der Waals surface area (Å²) in [5.41, 5.74) is 3.19. The number of hydrogen-bond acceptors (Lipinski definition) is 2. The highest BCUT2D eigenvalue weighted by atomic mass is 16.5. The fourth-order valence-corrected chi connectivity index (χ4v) is 5.08. The Morgan fingerprint density at radius 3 is 2.64 bits per heavy atom. The van der Waals surface area contributed by atoms with Gasteiger partial charge in [0, 0.05) is 37.1 Å². The largest absolute Gasteiger partial charge is 0.377 e. The van der Waals surface area contributed by atoms with E-state index in [1.807, 2.05) is 0 Å². The van der Waals surface area contributed by atoms with E-state index in [1.165, 1.54) is 17.5 Å². The van der Waals surface area contributed by atoms with Crippen molar-refractivity contribution < 1.29 is 4.74 Å². The fourth-order valence-electron chi connectivity index (χ4n) is 5.08. The maximum Gasteiger partial charge on any atom is 0.191 e. The average molecular weight is 341 g/mol. The molecular formula is C21H31N3O. The minimum absolute atomic E-state index is 0.182. The lowest BCUT2D eigenvalue weighted by molar-refractivity contribution is -0.106. The summed E-state index contributed by atoms with van der Waals surface area (Å²) in [6, 6.07) is 9.28. The van der Waals surface area contributed by atoms with Gasteiger partial charge in [-0.15, -0.1) is 0 Å². The molecule has 25 heavy (non-hydrogen) atoms. The maximum atomic E-state index is 5.92. The van der Waals surface area contributed by atoms with Gasteiger partial charge in [0.2, 0.25) is 0 Å². The highest BCUT2D eigenvalue weighted by molar-refractivity contribution is 5.80. The summed E-state index contributed by atoms with van der Waals surface area (Å²) in [5.74, 6) is 2.24. The first-order chi connectivity index (χ1) is 12.1. The first kappa shape index (κ1) is 16.9. The molecule has 136 valence electrons. The van der Waals surface area contributed by atoms with Crippen LogP contribution < -0.4 is 10.6 Å². The van der Waals surface area contributed by atoms with Crippen LogP contribution in [0.5, 0.6) is 0 Å². The second kappa shape index (κ2) is 6.64. The second-order valence-electron chi connectivity index (χ2n) is 8.45. The third kappa shape index (κ3) is 3.05. The molecule has 4 nitrogen and oxygen atoms in total. The molecule has 2 aliphatic carbocycles. The van der Waals surface area contributed by atoms with Crippen LogP contribution in [-0.2, 0) is 17.6 Å². The molecule has 0 aromatic heterocycles. The number of hydrogen-bond donors (Lipinski definition) is 2. The van der Waals surface area contributed by atoms with Crippen molar-refractivity contribution in [1.82, 2.24) is 10.6 Å². The van der Waals surface area contributed by atoms with E-state index in [-0.39, 0.29) is 5.41 Å². The van der Waals surface area contributed by atoms with Crippen LogP contribution in [0.3, 0.4) is 0 Å². The van der Waals surface area contributed by atoms with Crippen LogP contribution in [0.2, 0.25) is 0 Å². The van der Waals surface area contributed by atoms with Gasteiger partial charge in [0.15, 0.2) is 5.96 Å². The monoisotopic (exact) mass is 341 g/mol. The summed E-state index contributed by atoms with van der Waals surface area (Å²) in [6.45, 7) is 9.46. The lowest BCUT2D eigenvalue weighted by Crippen LogP contribution is -2.68. The quantitative estimate of drug-likeness (QED) is 0.654. The molecule has 4 heteroatoms. The summed E-state index contributed by atoms with van der Waals surface area (Å²) in [6.07, 6.45) is 3.90. The Balaban J connectivity index is 1.39. The smallest absolute Gasteiger partial charge is 0.191 e. The van der Waals surface area contributed by atoms with Gasteiger partial charge in [-0.05, 0) is 43.2 Å². The van der Waals surface area contributed by atoms with Gasteiger partial charge in [-0.2, -0.15) is 0 Å². The number of benzene rings is 1. The van der Waals surface area contributed by atoms with Crippen LogP contribution in [-0.4, -0.2) is 37.8 Å². The van der Waals surface area contributed by atoms with Gasteiger partial charge in [0.05, 0.1) is 6.10 Å². The molecule has 1 aromatic carbocycles. The van der Waals surface area contributed by atoms with Crippen LogP contribution in [0.25, 0.3) is 0 Å². The molecule has 3 aliphatic rings. The Morgan fingerprint density at radius 1 is 1.24 bits per heavy atom. The molecule has 1 saturated carbocycles. The number of guanidine groups is 1. The highest BCUT2D eigenvalue weighted by Crippen LogP contribution is 2.52. The number of ether oxygens (including phenoxy) is 1. The molecule has 3 atom stereocenters. The zero-order valence-corrected chi connectivity index (χ0v) is 15.7. The Labute approximate surface area is 151 Å². The van der Waals surface area contributed by atoms with Crippen LogP contribution in [0.4, 0.5) is 0 Å². The minimum Gasteiger partial charge on any atom is -0.377 e. The topological polar surface area (TPSA) is 45.7 Å². The van der Waals surface area contributed by atoms with Gasteiger partial charge >= 0.3 is 0 Å². The second-order valence-corrected chi connectivity index (χ2v) is 8.45. The lowest BCUT2D eigenvalue weighted by Gasteiger charge is -2.54. The van der Waals surface area contributed by atoms with Gasteiger partial charge < -0.3 is 15.4 Å². The third-order valence-electron chi connectivity index (χ3n) is 6.38. The van der Waals surface area contributed by atoms with Gasteiger partial charge in [0.1, 0.15) is 0 Å². The Kier molecular flexibility index (Phi) is 4.48. The van der Waals surface area contributed by atoms with Crippen LogP contribution >= 0.6 is 0 Å². The van der Waals surface area contributed by atoms with E-state index in [2.05, 4.69) is 55.7 Å². The molecule has 1 heterocycles. The van der Waals surface area contributed by atoms with E-state index in [0.29, 0.717) is 24.0 Å². The van der Waals surface area contributed by atoms with Crippen LogP contribution in [0.1, 0.15) is 38.3 Å². The minimum atomic E-state index is 0.182. The summed E-state index contributed by atoms with van der Waals surface area (Å²) in [7, 11) is 0. The van der Waals surface area contributed by atoms with Crippen molar-refractivity contribution in [3.63, 3.8) is 0 Å². The zero-order chi connectivity index (χ0) is 17.4. The van der Waals surface area contributed by atoms with E-state index in [0.717, 1.165) is 38.5 Å². The predicted octanol–water partition coefficient (Wildman–Crippen LogP) is 2.77. The van der Waals surface area contributed by atoms with Crippen LogP contribution in [0.15, 0.2) is 29.3 Å². The van der Waals surface area contributed by atoms with E-state index in [1.54, 1.807) is 0 Å². The van der Waals surface area contributed by atoms with E-state index in [9.17, 15) is 0 Å². The van der Waals surface area contributed by atoms with E-state index >= 15 is 0 Å². The number of aliphatic imine (C=N–C) groups is 1. The van der Waals surface area contributed by atoms with Crippen molar-refractivity contribution in [2.24, 2.45) is 22.2 Å². The summed E-state index contributed by atoms with van der Waals surface area (Å²) >= 11 is 0. The van der Waals surface area contributed by atoms with Crippen molar-refractivity contribution in [2.75, 3.05) is 19.7 Å². The number of rotatable bonds is 4. The molecule has 0 amide bonds. The summed E-state index contributed by atoms with van der Waals surface area (Å²) in [4.78, 5) is 4.93. The van der Waals surface area contributed by atoms with Crippen molar-refractivity contribution in [3.05, 3.63) is 35.4 Å². The highest BCUT2D eigenvalue weighted by Gasteiger charge is 2.59. The molecule has 0 bridgehead atoms. The summed E-state index contributed by atoms with van der Waals surface area (Å²) < 4.78 is 5.92. The van der Waals surface area contributed by atoms with Crippen LogP contribution in [0, 0.1) is 17.3 Å². The lowest BCUT2D eigenvalue weighted by atomic mass is 9.57. The molecule has 1 aromatic rings. The number of fused-ring (bicyclic) bond motifs is 2. The molecule has 4 rings (SSSR count). The molecule has 2 N–H and O–H groups in total. The number of nitrogens with one attached hydrogen (secondary N) is 2. The van der Waals surface area contributed by atoms with Gasteiger partial charge in [-0.1, -0.05) is 38.1 Å². The molecule has 0 spiro atoms. The number of nitrogens with zero attached hydrogens (tertiary/aromatic N) is 1. The van der Waals surface area contributed by atoms with Gasteiger partial charge in [-0.3, -0.25) is 4.99 Å². The SMILES string of the molecule is CCNC(=NCC1Cc2ccccc2C1)NC1C2CCOC2C1(C)C. The van der Waals surface area contributed by atoms with Crippen molar-refractivity contribution in [1.29, 1.82) is 0 Å². The Bertz CT molecular complexity index is 629. The molecule has 2 fully saturated rings. The Hall–Kier alpha value is -1.55. The zero-order valence-electron chi connectivity index (χ0n) is 15.7. The average Bonchev–Trinajstić information content (AvgIpc) is 3.22. The van der Waals surface area contributed by atoms with E-state index in [4.69, 9.17) is 9.73 Å². The Morgan fingerprint density at radius 2 is 1.96 bits per heavy atom. The standard InChI is InChI=1S/C21H31N3O/c1-4-22-20(24-18-17-9-10-25-19(17)21(18,2)3)23-13-14-11-15-7-5-6-8-16(15)12-14/h5-8,14,17-19H,4,9-13H2,1-3H3,(H2,22,23,24).